The van der Waals surface area contributed by atoms with E-state index < -0.39 is 0 Å². The van der Waals surface area contributed by atoms with Gasteiger partial charge in [-0.15, -0.1) is 13.1 Å². The van der Waals surface area contributed by atoms with Gasteiger partial charge >= 0.3 is 17.1 Å². The Balaban J connectivity index is 0.000000717. The maximum absolute atomic E-state index is 10.9. The minimum atomic E-state index is -0.358. The van der Waals surface area contributed by atoms with E-state index in [4.69, 9.17) is 10.3 Å². The fraction of sp³-hybridized carbons (Fsp3) is 0.308. The molecule has 1 saturated heterocycles. The van der Waals surface area contributed by atoms with E-state index in [1.807, 2.05) is 44.2 Å². The first kappa shape index (κ1) is 37.2. The van der Waals surface area contributed by atoms with Gasteiger partial charge in [0.25, 0.3) is 5.69 Å². The molecule has 3 heterocycles. The normalized spacial score (nSPS) is 17.2. The Morgan fingerprint density at radius 1 is 0.837 bits per heavy atom. The fourth-order valence-electron chi connectivity index (χ4n) is 6.40. The average molecular weight is 698 g/mol. The van der Waals surface area contributed by atoms with Crippen LogP contribution < -0.4 is 0 Å². The Kier molecular flexibility index (Phi) is 14.3. The molecule has 0 amide bonds. The zero-order valence-corrected chi connectivity index (χ0v) is 29.1. The van der Waals surface area contributed by atoms with Crippen molar-refractivity contribution in [3.63, 3.8) is 0 Å². The van der Waals surface area contributed by atoms with E-state index >= 15 is 0 Å². The van der Waals surface area contributed by atoms with Gasteiger partial charge < -0.3 is 29.8 Å². The third-order valence-electron chi connectivity index (χ3n) is 8.85. The van der Waals surface area contributed by atoms with E-state index in [0.717, 1.165) is 93.1 Å². The van der Waals surface area contributed by atoms with E-state index in [1.54, 1.807) is 12.1 Å². The molecule has 2 aromatic heterocycles. The maximum atomic E-state index is 10.9. The third-order valence-corrected chi connectivity index (χ3v) is 8.85. The zero-order chi connectivity index (χ0) is 33.1. The molecule has 2 saturated carbocycles. The molecular weight excluding hydrogens is 654 g/mol. The summed E-state index contributed by atoms with van der Waals surface area (Å²) >= 11 is 0. The van der Waals surface area contributed by atoms with Crippen molar-refractivity contribution < 1.29 is 22.0 Å². The summed E-state index contributed by atoms with van der Waals surface area (Å²) in [5.74, 6) is 2.03. The van der Waals surface area contributed by atoms with Crippen molar-refractivity contribution >= 4 is 28.1 Å². The molecule has 7 rings (SSSR count). The number of fused-ring (bicyclic) bond motifs is 3. The predicted octanol–water partition coefficient (Wildman–Crippen LogP) is 7.45. The van der Waals surface area contributed by atoms with Crippen LogP contribution in [-0.2, 0) is 23.6 Å². The summed E-state index contributed by atoms with van der Waals surface area (Å²) in [6.45, 7) is 10.6. The smallest absolute Gasteiger partial charge is 0.658 e. The van der Waals surface area contributed by atoms with Crippen molar-refractivity contribution in [2.75, 3.05) is 52.4 Å². The van der Waals surface area contributed by atoms with Crippen molar-refractivity contribution in [1.29, 1.82) is 0 Å². The van der Waals surface area contributed by atoms with Crippen LogP contribution in [0.2, 0.25) is 0 Å². The zero-order valence-electron chi connectivity index (χ0n) is 28.0. The number of aromatic nitrogens is 2. The summed E-state index contributed by atoms with van der Waals surface area (Å²) in [5, 5.41) is 20.6. The molecule has 2 aromatic carbocycles. The summed E-state index contributed by atoms with van der Waals surface area (Å²) < 4.78 is 2.26. The third kappa shape index (κ3) is 10.0. The summed E-state index contributed by atoms with van der Waals surface area (Å²) in [7, 11) is 0. The van der Waals surface area contributed by atoms with Crippen molar-refractivity contribution in [3.8, 4) is 0 Å². The number of piperazine rings is 1. The predicted molar refractivity (Wildman–Crippen MR) is 194 cm³/mol. The molecule has 0 unspecified atom stereocenters. The first-order valence-corrected chi connectivity index (χ1v) is 16.8. The summed E-state index contributed by atoms with van der Waals surface area (Å²) in [5.41, 5.74) is 6.62. The van der Waals surface area contributed by atoms with Gasteiger partial charge in [-0.3, -0.25) is 10.1 Å². The van der Waals surface area contributed by atoms with Crippen molar-refractivity contribution in [2.45, 2.75) is 26.3 Å². The quantitative estimate of drug-likeness (QED) is 0.0626. The van der Waals surface area contributed by atoms with Crippen LogP contribution in [0, 0.1) is 80.7 Å². The van der Waals surface area contributed by atoms with Crippen LogP contribution in [0.1, 0.15) is 29.5 Å². The van der Waals surface area contributed by atoms with Gasteiger partial charge in [0.05, 0.1) is 4.92 Å². The number of non-ortho nitro benzene ring substituents is 1. The first-order chi connectivity index (χ1) is 23.6. The van der Waals surface area contributed by atoms with Gasteiger partial charge in [0.1, 0.15) is 0 Å². The van der Waals surface area contributed by atoms with Crippen LogP contribution in [0.15, 0.2) is 54.7 Å². The molecule has 10 radical (unpaired) electrons. The number of hydrogen-bond donors (Lipinski definition) is 0. The summed E-state index contributed by atoms with van der Waals surface area (Å²) in [4.78, 5) is 20.7. The molecule has 3 aliphatic rings. The van der Waals surface area contributed by atoms with Crippen LogP contribution in [0.3, 0.4) is 0 Å². The minimum Gasteiger partial charge on any atom is -0.658 e. The molecule has 0 bridgehead atoms. The SMILES string of the molecule is Cc1cn2c(c([N-]CCCN3CCN(CCC[N-]Cc4cccc([N+](=O)[O-])c4)CC3)nc3ccccc32)c1[C]1[CH][CH][CH][CH]1.[CH]1[CH][CH][CH][CH]1.[Fe+2]. The molecule has 254 valence electrons. The van der Waals surface area contributed by atoms with E-state index in [-0.39, 0.29) is 27.7 Å². The number of benzene rings is 2. The maximum Gasteiger partial charge on any atom is 2.00 e. The summed E-state index contributed by atoms with van der Waals surface area (Å²) in [6, 6.07) is 15.0. The van der Waals surface area contributed by atoms with Gasteiger partial charge in [0.15, 0.2) is 0 Å². The molecule has 3 fully saturated rings. The number of nitro benzene ring substituents is 1. The van der Waals surface area contributed by atoms with E-state index in [2.05, 4.69) is 76.5 Å². The van der Waals surface area contributed by atoms with Crippen LogP contribution in [-0.4, -0.2) is 76.5 Å². The largest absolute Gasteiger partial charge is 2.00 e. The average Bonchev–Trinajstić information content (AvgIpc) is 3.91. The number of nitrogens with zero attached hydrogens (tertiary/aromatic N) is 7. The minimum absolute atomic E-state index is 0. The van der Waals surface area contributed by atoms with Gasteiger partial charge in [-0.25, -0.2) is 0 Å². The van der Waals surface area contributed by atoms with Gasteiger partial charge in [0, 0.05) is 61.5 Å². The van der Waals surface area contributed by atoms with E-state index in [9.17, 15) is 10.1 Å². The second kappa shape index (κ2) is 18.8. The van der Waals surface area contributed by atoms with E-state index in [1.165, 1.54) is 23.1 Å². The molecule has 0 spiro atoms. The Morgan fingerprint density at radius 3 is 2.16 bits per heavy atom. The molecule has 9 nitrogen and oxygen atoms in total. The number of para-hydroxylation sites is 2. The Hall–Kier alpha value is -3.01. The first-order valence-electron chi connectivity index (χ1n) is 16.8. The standard InChI is InChI=1S/C34H38N7O2.C5H5.Fe/c1-26-25-40-31-14-5-4-13-30(31)37-34(33(40)32(26)28-10-2-3-11-28)36-16-8-18-39-21-19-38(20-22-39)17-7-15-35-24-27-9-6-12-29(23-27)41(42)43;1-2-4-5-3-1;/h2-6,9-14,23,25H,7-8,15-22,24H2,1H3;1-5H;/q-2;;+2. The number of aryl methyl sites for hydroxylation is 1. The van der Waals surface area contributed by atoms with Gasteiger partial charge in [-0.05, 0) is 119 Å². The van der Waals surface area contributed by atoms with Gasteiger partial charge in [-0.2, -0.15) is 0 Å². The molecule has 49 heavy (non-hydrogen) atoms. The second-order valence-electron chi connectivity index (χ2n) is 12.3. The monoisotopic (exact) mass is 697 g/mol. The molecule has 4 aromatic rings. The fourth-order valence-corrected chi connectivity index (χ4v) is 6.40. The molecular formula is C39H43FeN7O2. The molecule has 0 atom stereocenters. The van der Waals surface area contributed by atoms with Crippen LogP contribution in [0.5, 0.6) is 0 Å². The van der Waals surface area contributed by atoms with Crippen molar-refractivity contribution in [2.24, 2.45) is 0 Å². The second-order valence-corrected chi connectivity index (χ2v) is 12.3. The molecule has 0 N–H and O–H groups in total. The van der Waals surface area contributed by atoms with Crippen molar-refractivity contribution in [3.05, 3.63) is 156 Å². The van der Waals surface area contributed by atoms with Crippen LogP contribution in [0.4, 0.5) is 11.5 Å². The Morgan fingerprint density at radius 2 is 1.49 bits per heavy atom. The molecule has 2 aliphatic carbocycles. The van der Waals surface area contributed by atoms with Gasteiger partial charge in [-0.1, -0.05) is 42.3 Å². The topological polar surface area (TPSA) is 95.1 Å². The van der Waals surface area contributed by atoms with Crippen LogP contribution >= 0.6 is 0 Å². The number of nitro groups is 1. The van der Waals surface area contributed by atoms with Crippen molar-refractivity contribution in [1.82, 2.24) is 19.2 Å². The molecule has 10 heteroatoms. The Labute approximate surface area is 302 Å². The van der Waals surface area contributed by atoms with Crippen LogP contribution in [0.25, 0.3) is 27.2 Å². The van der Waals surface area contributed by atoms with E-state index in [0.29, 0.717) is 6.54 Å². The van der Waals surface area contributed by atoms with Gasteiger partial charge in [0.2, 0.25) is 0 Å². The number of hydrogen-bond acceptors (Lipinski definition) is 5. The Bertz CT molecular complexity index is 1620. The summed E-state index contributed by atoms with van der Waals surface area (Å²) in [6.07, 6.45) is 22.7. The number of rotatable bonds is 13. The molecule has 1 aliphatic heterocycles.